The molecule has 0 unspecified atom stereocenters. The van der Waals surface area contributed by atoms with Gasteiger partial charge in [0.25, 0.3) is 5.69 Å². The molecule has 1 aliphatic rings. The van der Waals surface area contributed by atoms with E-state index in [0.717, 1.165) is 6.20 Å². The fourth-order valence-corrected chi connectivity index (χ4v) is 2.75. The van der Waals surface area contributed by atoms with Crippen LogP contribution in [0.1, 0.15) is 6.04 Å². The molecule has 1 aliphatic heterocycles. The molecule has 0 spiro atoms. The normalized spacial score (nSPS) is 14.7. The first-order valence-corrected chi connectivity index (χ1v) is 8.03. The molecule has 1 aromatic carbocycles. The highest BCUT2D eigenvalue weighted by atomic mass is 19.4. The smallest absolute Gasteiger partial charge is 0.406 e. The molecular weight excluding hydrogens is 383 g/mol. The summed E-state index contributed by atoms with van der Waals surface area (Å²) in [7, 11) is 0. The van der Waals surface area contributed by atoms with Gasteiger partial charge in [-0.2, -0.15) is 0 Å². The van der Waals surface area contributed by atoms with E-state index in [0.29, 0.717) is 36.0 Å². The number of nitrogens with one attached hydrogen (secondary N) is 1. The molecule has 12 heteroatoms. The molecule has 0 aliphatic carbocycles. The minimum Gasteiger partial charge on any atom is -0.406 e. The Labute approximate surface area is 154 Å². The molecule has 28 heavy (non-hydrogen) atoms. The predicted molar refractivity (Wildman–Crippen MR) is 90.4 cm³/mol. The van der Waals surface area contributed by atoms with Crippen LogP contribution in [0.15, 0.2) is 36.5 Å². The van der Waals surface area contributed by atoms with Gasteiger partial charge in [-0.25, -0.2) is 9.97 Å². The summed E-state index contributed by atoms with van der Waals surface area (Å²) in [5.41, 5.74) is 1.03. The molecular formula is C16H12F3N5O4. The molecule has 2 aromatic heterocycles. The standard InChI is InChI=1S/C16H12F3N5O4/c17-16(18,19)28-12-3-1-9(2-4-12)21-15-22-13-5-10(24(25)26)6-20-14(13)23(15)11-7-27-8-11/h1-6,11H,7-8H2,(H,21,22). The minimum atomic E-state index is -4.77. The number of alkyl halides is 3. The van der Waals surface area contributed by atoms with Gasteiger partial charge < -0.3 is 14.8 Å². The lowest BCUT2D eigenvalue weighted by Gasteiger charge is -2.28. The number of anilines is 2. The van der Waals surface area contributed by atoms with Crippen molar-refractivity contribution in [1.29, 1.82) is 0 Å². The Kier molecular flexibility index (Phi) is 4.26. The SMILES string of the molecule is O=[N+]([O-])c1cnc2c(c1)nc(Nc1ccc(OC(F)(F)F)cc1)n2C1COC1. The van der Waals surface area contributed by atoms with E-state index in [4.69, 9.17) is 4.74 Å². The Morgan fingerprint density at radius 3 is 2.57 bits per heavy atom. The Morgan fingerprint density at radius 2 is 2.00 bits per heavy atom. The van der Waals surface area contributed by atoms with Crippen molar-refractivity contribution in [1.82, 2.24) is 14.5 Å². The molecule has 0 amide bonds. The van der Waals surface area contributed by atoms with Crippen LogP contribution in [-0.2, 0) is 4.74 Å². The highest BCUT2D eigenvalue weighted by Crippen LogP contribution is 2.31. The van der Waals surface area contributed by atoms with E-state index in [1.807, 2.05) is 0 Å². The van der Waals surface area contributed by atoms with Crippen LogP contribution in [0, 0.1) is 10.1 Å². The van der Waals surface area contributed by atoms with Gasteiger partial charge in [0.05, 0.1) is 24.2 Å². The van der Waals surface area contributed by atoms with Crippen molar-refractivity contribution >= 4 is 28.5 Å². The Hall–Kier alpha value is -3.41. The van der Waals surface area contributed by atoms with Crippen molar-refractivity contribution in [2.75, 3.05) is 18.5 Å². The van der Waals surface area contributed by atoms with Gasteiger partial charge in [0.1, 0.15) is 17.5 Å². The quantitative estimate of drug-likeness (QED) is 0.520. The van der Waals surface area contributed by atoms with E-state index in [9.17, 15) is 23.3 Å². The number of hydrogen-bond acceptors (Lipinski definition) is 7. The summed E-state index contributed by atoms with van der Waals surface area (Å²) in [5.74, 6) is -0.00275. The number of nitrogens with zero attached hydrogens (tertiary/aromatic N) is 4. The van der Waals surface area contributed by atoms with Crippen LogP contribution in [0.5, 0.6) is 5.75 Å². The van der Waals surface area contributed by atoms with Crippen molar-refractivity contribution < 1.29 is 27.6 Å². The number of imidazole rings is 1. The maximum Gasteiger partial charge on any atom is 0.573 e. The van der Waals surface area contributed by atoms with Crippen LogP contribution in [0.2, 0.25) is 0 Å². The van der Waals surface area contributed by atoms with Gasteiger partial charge in [0.15, 0.2) is 5.65 Å². The topological polar surface area (TPSA) is 104 Å². The summed E-state index contributed by atoms with van der Waals surface area (Å²) in [6, 6.07) is 6.38. The van der Waals surface area contributed by atoms with Crippen LogP contribution in [0.3, 0.4) is 0 Å². The Bertz CT molecular complexity index is 1030. The van der Waals surface area contributed by atoms with E-state index in [1.54, 1.807) is 4.57 Å². The van der Waals surface area contributed by atoms with Crippen LogP contribution in [0.4, 0.5) is 30.5 Å². The van der Waals surface area contributed by atoms with E-state index in [-0.39, 0.29) is 17.5 Å². The third-order valence-corrected chi connectivity index (χ3v) is 4.06. The lowest BCUT2D eigenvalue weighted by molar-refractivity contribution is -0.385. The molecule has 1 saturated heterocycles. The van der Waals surface area contributed by atoms with Crippen molar-refractivity contribution in [2.24, 2.45) is 0 Å². The predicted octanol–water partition coefficient (Wildman–Crippen LogP) is 3.55. The average Bonchev–Trinajstić information content (AvgIpc) is 2.91. The molecule has 146 valence electrons. The molecule has 9 nitrogen and oxygen atoms in total. The molecule has 3 aromatic rings. The molecule has 3 heterocycles. The molecule has 1 fully saturated rings. The second kappa shape index (κ2) is 6.64. The number of hydrogen-bond donors (Lipinski definition) is 1. The Morgan fingerprint density at radius 1 is 1.29 bits per heavy atom. The molecule has 1 N–H and O–H groups in total. The molecule has 4 rings (SSSR count). The summed E-state index contributed by atoms with van der Waals surface area (Å²) >= 11 is 0. The third kappa shape index (κ3) is 3.53. The molecule has 0 atom stereocenters. The van der Waals surface area contributed by atoms with Gasteiger partial charge in [-0.15, -0.1) is 13.2 Å². The maximum absolute atomic E-state index is 12.3. The first-order valence-electron chi connectivity index (χ1n) is 8.03. The van der Waals surface area contributed by atoms with Gasteiger partial charge in [-0.05, 0) is 24.3 Å². The number of fused-ring (bicyclic) bond motifs is 1. The average molecular weight is 395 g/mol. The molecule has 0 bridgehead atoms. The number of aromatic nitrogens is 3. The molecule has 0 saturated carbocycles. The zero-order valence-corrected chi connectivity index (χ0v) is 14.0. The number of rotatable bonds is 5. The lowest BCUT2D eigenvalue weighted by atomic mass is 10.2. The maximum atomic E-state index is 12.3. The van der Waals surface area contributed by atoms with Crippen molar-refractivity contribution in [2.45, 2.75) is 12.4 Å². The zero-order chi connectivity index (χ0) is 19.9. The number of pyridine rings is 1. The third-order valence-electron chi connectivity index (χ3n) is 4.06. The van der Waals surface area contributed by atoms with Gasteiger partial charge in [-0.3, -0.25) is 14.7 Å². The summed E-state index contributed by atoms with van der Waals surface area (Å²) in [5, 5.41) is 14.0. The zero-order valence-electron chi connectivity index (χ0n) is 14.0. The van der Waals surface area contributed by atoms with Crippen LogP contribution >= 0.6 is 0 Å². The number of halogens is 3. The van der Waals surface area contributed by atoms with Crippen LogP contribution < -0.4 is 10.1 Å². The van der Waals surface area contributed by atoms with Crippen LogP contribution in [-0.4, -0.2) is 39.0 Å². The van der Waals surface area contributed by atoms with Crippen molar-refractivity contribution in [3.8, 4) is 5.75 Å². The summed E-state index contributed by atoms with van der Waals surface area (Å²) in [4.78, 5) is 18.9. The lowest BCUT2D eigenvalue weighted by Crippen LogP contribution is -2.31. The second-order valence-corrected chi connectivity index (χ2v) is 5.99. The highest BCUT2D eigenvalue weighted by Gasteiger charge is 2.31. The number of benzene rings is 1. The Balaban J connectivity index is 1.66. The van der Waals surface area contributed by atoms with Gasteiger partial charge >= 0.3 is 6.36 Å². The van der Waals surface area contributed by atoms with Crippen molar-refractivity contribution in [3.05, 3.63) is 46.6 Å². The molecule has 0 radical (unpaired) electrons. The first-order chi connectivity index (χ1) is 13.3. The monoisotopic (exact) mass is 395 g/mol. The summed E-state index contributed by atoms with van der Waals surface area (Å²) in [6.07, 6.45) is -3.62. The fraction of sp³-hybridized carbons (Fsp3) is 0.250. The fourth-order valence-electron chi connectivity index (χ4n) is 2.75. The summed E-state index contributed by atoms with van der Waals surface area (Å²) in [6.45, 7) is 0.855. The van der Waals surface area contributed by atoms with Crippen molar-refractivity contribution in [3.63, 3.8) is 0 Å². The summed E-state index contributed by atoms with van der Waals surface area (Å²) < 4.78 is 47.6. The van der Waals surface area contributed by atoms with E-state index in [1.165, 1.54) is 30.3 Å². The largest absolute Gasteiger partial charge is 0.573 e. The van der Waals surface area contributed by atoms with Crippen LogP contribution in [0.25, 0.3) is 11.2 Å². The van der Waals surface area contributed by atoms with E-state index >= 15 is 0 Å². The second-order valence-electron chi connectivity index (χ2n) is 5.99. The first kappa shape index (κ1) is 18.0. The van der Waals surface area contributed by atoms with Gasteiger partial charge in [0.2, 0.25) is 5.95 Å². The van der Waals surface area contributed by atoms with Gasteiger partial charge in [-0.1, -0.05) is 0 Å². The van der Waals surface area contributed by atoms with Gasteiger partial charge in [0, 0.05) is 11.8 Å². The number of ether oxygens (including phenoxy) is 2. The minimum absolute atomic E-state index is 0.0608. The van der Waals surface area contributed by atoms with E-state index < -0.39 is 11.3 Å². The highest BCUT2D eigenvalue weighted by molar-refractivity contribution is 5.78. The number of nitro groups is 1. The van der Waals surface area contributed by atoms with E-state index in [2.05, 4.69) is 20.0 Å².